The summed E-state index contributed by atoms with van der Waals surface area (Å²) < 4.78 is 15.8. The van der Waals surface area contributed by atoms with Crippen molar-refractivity contribution in [2.45, 2.75) is 32.4 Å². The zero-order valence-electron chi connectivity index (χ0n) is 10.7. The molecule has 18 heavy (non-hydrogen) atoms. The number of furan rings is 1. The zero-order valence-corrected chi connectivity index (χ0v) is 10.7. The number of hydrogen-bond donors (Lipinski definition) is 1. The van der Waals surface area contributed by atoms with Crippen LogP contribution in [-0.4, -0.2) is 22.9 Å². The molecule has 0 aliphatic carbocycles. The largest absolute Gasteiger partial charge is 0.459 e. The van der Waals surface area contributed by atoms with E-state index in [0.717, 1.165) is 0 Å². The van der Waals surface area contributed by atoms with Crippen LogP contribution in [-0.2, 0) is 10.3 Å². The van der Waals surface area contributed by atoms with Crippen molar-refractivity contribution < 1.29 is 13.7 Å². The van der Waals surface area contributed by atoms with Gasteiger partial charge in [0.05, 0.1) is 19.0 Å². The van der Waals surface area contributed by atoms with Crippen molar-refractivity contribution in [3.05, 3.63) is 24.2 Å². The van der Waals surface area contributed by atoms with E-state index in [0.29, 0.717) is 24.1 Å². The van der Waals surface area contributed by atoms with Crippen LogP contribution < -0.4 is 5.73 Å². The van der Waals surface area contributed by atoms with Crippen molar-refractivity contribution in [1.82, 2.24) is 10.1 Å². The third kappa shape index (κ3) is 2.77. The number of nitrogens with two attached hydrogens (primary N) is 1. The minimum Gasteiger partial charge on any atom is -0.459 e. The lowest BCUT2D eigenvalue weighted by molar-refractivity contribution is 0.0410. The first-order chi connectivity index (χ1) is 8.49. The van der Waals surface area contributed by atoms with Crippen LogP contribution in [0.5, 0.6) is 0 Å². The van der Waals surface area contributed by atoms with Gasteiger partial charge in [-0.15, -0.1) is 0 Å². The fourth-order valence-electron chi connectivity index (χ4n) is 1.36. The minimum atomic E-state index is -0.793. The van der Waals surface area contributed by atoms with Crippen molar-refractivity contribution in [1.29, 1.82) is 0 Å². The van der Waals surface area contributed by atoms with Gasteiger partial charge in [0, 0.05) is 0 Å². The van der Waals surface area contributed by atoms with Gasteiger partial charge in [-0.3, -0.25) is 0 Å². The Hall–Kier alpha value is -1.66. The average Bonchev–Trinajstić information content (AvgIpc) is 2.96. The van der Waals surface area contributed by atoms with Gasteiger partial charge in [-0.2, -0.15) is 4.98 Å². The van der Waals surface area contributed by atoms with Gasteiger partial charge in [0.15, 0.2) is 11.6 Å². The van der Waals surface area contributed by atoms with E-state index < -0.39 is 5.54 Å². The number of hydrogen-bond acceptors (Lipinski definition) is 6. The first-order valence-corrected chi connectivity index (χ1v) is 5.77. The molecule has 1 atom stereocenters. The lowest BCUT2D eigenvalue weighted by Gasteiger charge is -2.21. The minimum absolute atomic E-state index is 0.101. The van der Waals surface area contributed by atoms with E-state index in [4.69, 9.17) is 19.4 Å². The third-order valence-corrected chi connectivity index (χ3v) is 2.39. The van der Waals surface area contributed by atoms with Crippen molar-refractivity contribution in [3.63, 3.8) is 0 Å². The maximum absolute atomic E-state index is 6.11. The Balaban J connectivity index is 2.14. The Kier molecular flexibility index (Phi) is 3.49. The van der Waals surface area contributed by atoms with Crippen molar-refractivity contribution in [2.24, 2.45) is 5.73 Å². The maximum Gasteiger partial charge on any atom is 0.293 e. The van der Waals surface area contributed by atoms with Crippen molar-refractivity contribution >= 4 is 0 Å². The van der Waals surface area contributed by atoms with Crippen LogP contribution in [0.4, 0.5) is 0 Å². The summed E-state index contributed by atoms with van der Waals surface area (Å²) in [7, 11) is 0. The quantitative estimate of drug-likeness (QED) is 0.873. The fourth-order valence-corrected chi connectivity index (χ4v) is 1.36. The lowest BCUT2D eigenvalue weighted by atomic mass is 10.1. The molecule has 0 saturated heterocycles. The van der Waals surface area contributed by atoms with Crippen LogP contribution in [0.1, 0.15) is 26.6 Å². The molecule has 0 bridgehead atoms. The smallest absolute Gasteiger partial charge is 0.293 e. The Morgan fingerprint density at radius 3 is 2.89 bits per heavy atom. The predicted octanol–water partition coefficient (Wildman–Crippen LogP) is 1.93. The van der Waals surface area contributed by atoms with E-state index in [2.05, 4.69) is 10.1 Å². The second kappa shape index (κ2) is 4.91. The van der Waals surface area contributed by atoms with Gasteiger partial charge in [0.2, 0.25) is 0 Å². The zero-order chi connectivity index (χ0) is 13.2. The highest BCUT2D eigenvalue weighted by atomic mass is 16.5. The van der Waals surface area contributed by atoms with Gasteiger partial charge in [0.1, 0.15) is 5.54 Å². The maximum atomic E-state index is 6.11. The molecule has 98 valence electrons. The summed E-state index contributed by atoms with van der Waals surface area (Å²) in [4.78, 5) is 4.23. The molecule has 6 heteroatoms. The first kappa shape index (κ1) is 12.8. The standard InChI is InChI=1S/C12H17N3O3/c1-8(2)17-7-12(3,13)11-14-10(18-15-11)9-5-4-6-16-9/h4-6,8H,7,13H2,1-3H3. The number of aromatic nitrogens is 2. The monoisotopic (exact) mass is 251 g/mol. The summed E-state index contributed by atoms with van der Waals surface area (Å²) in [5.74, 6) is 1.24. The van der Waals surface area contributed by atoms with E-state index in [1.54, 1.807) is 25.3 Å². The van der Waals surface area contributed by atoms with Crippen molar-refractivity contribution in [3.8, 4) is 11.7 Å². The molecule has 0 aromatic carbocycles. The van der Waals surface area contributed by atoms with E-state index >= 15 is 0 Å². The summed E-state index contributed by atoms with van der Waals surface area (Å²) in [6.07, 6.45) is 1.65. The van der Waals surface area contributed by atoms with Crippen LogP contribution in [0.15, 0.2) is 27.3 Å². The highest BCUT2D eigenvalue weighted by Crippen LogP contribution is 2.21. The second-order valence-electron chi connectivity index (χ2n) is 4.68. The van der Waals surface area contributed by atoms with Crippen molar-refractivity contribution in [2.75, 3.05) is 6.61 Å². The molecule has 0 amide bonds. The van der Waals surface area contributed by atoms with Gasteiger partial charge in [-0.1, -0.05) is 5.16 Å². The molecule has 0 spiro atoms. The molecule has 6 nitrogen and oxygen atoms in total. The SMILES string of the molecule is CC(C)OCC(C)(N)c1noc(-c2ccco2)n1. The molecule has 2 aromatic rings. The Morgan fingerprint density at radius 1 is 1.50 bits per heavy atom. The summed E-state index contributed by atoms with van der Waals surface area (Å²) >= 11 is 0. The Bertz CT molecular complexity index is 488. The van der Waals surface area contributed by atoms with Gasteiger partial charge in [-0.05, 0) is 32.9 Å². The van der Waals surface area contributed by atoms with Gasteiger partial charge >= 0.3 is 0 Å². The summed E-state index contributed by atoms with van der Waals surface area (Å²) in [5, 5.41) is 3.87. The fraction of sp³-hybridized carbons (Fsp3) is 0.500. The molecule has 1 unspecified atom stereocenters. The molecular formula is C12H17N3O3. The predicted molar refractivity (Wildman–Crippen MR) is 64.6 cm³/mol. The first-order valence-electron chi connectivity index (χ1n) is 5.77. The van der Waals surface area contributed by atoms with E-state index in [-0.39, 0.29) is 6.10 Å². The molecule has 0 aliphatic heterocycles. The third-order valence-electron chi connectivity index (χ3n) is 2.39. The van der Waals surface area contributed by atoms with E-state index in [1.807, 2.05) is 13.8 Å². The molecular weight excluding hydrogens is 234 g/mol. The van der Waals surface area contributed by atoms with Crippen LogP contribution in [0.2, 0.25) is 0 Å². The van der Waals surface area contributed by atoms with Gasteiger partial charge < -0.3 is 19.4 Å². The number of ether oxygens (including phenoxy) is 1. The van der Waals surface area contributed by atoms with Crippen LogP contribution >= 0.6 is 0 Å². The average molecular weight is 251 g/mol. The summed E-state index contributed by atoms with van der Waals surface area (Å²) in [6, 6.07) is 3.50. The van der Waals surface area contributed by atoms with E-state index in [9.17, 15) is 0 Å². The molecule has 0 aliphatic rings. The van der Waals surface area contributed by atoms with Crippen LogP contribution in [0.25, 0.3) is 11.7 Å². The topological polar surface area (TPSA) is 87.3 Å². The number of rotatable bonds is 5. The highest BCUT2D eigenvalue weighted by molar-refractivity contribution is 5.43. The Labute approximate surface area is 105 Å². The molecule has 2 aromatic heterocycles. The Morgan fingerprint density at radius 2 is 2.28 bits per heavy atom. The summed E-state index contributed by atoms with van der Waals surface area (Å²) in [6.45, 7) is 6.01. The van der Waals surface area contributed by atoms with Gasteiger partial charge in [0.25, 0.3) is 5.89 Å². The number of nitrogens with zero attached hydrogens (tertiary/aromatic N) is 2. The molecule has 0 fully saturated rings. The molecule has 2 rings (SSSR count). The van der Waals surface area contributed by atoms with Gasteiger partial charge in [-0.25, -0.2) is 0 Å². The molecule has 0 radical (unpaired) electrons. The highest BCUT2D eigenvalue weighted by Gasteiger charge is 2.29. The summed E-state index contributed by atoms with van der Waals surface area (Å²) in [5.41, 5.74) is 5.32. The molecule has 0 saturated carbocycles. The molecule has 2 heterocycles. The normalized spacial score (nSPS) is 14.9. The van der Waals surface area contributed by atoms with E-state index in [1.165, 1.54) is 0 Å². The van der Waals surface area contributed by atoms with Crippen LogP contribution in [0, 0.1) is 0 Å². The molecule has 2 N–H and O–H groups in total. The lowest BCUT2D eigenvalue weighted by Crippen LogP contribution is -2.40. The second-order valence-corrected chi connectivity index (χ2v) is 4.68. The van der Waals surface area contributed by atoms with Crippen LogP contribution in [0.3, 0.4) is 0 Å².